The van der Waals surface area contributed by atoms with Crippen LogP contribution < -0.4 is 0 Å². The van der Waals surface area contributed by atoms with Crippen LogP contribution in [0, 0.1) is 17.7 Å². The Morgan fingerprint density at radius 1 is 1.38 bits per heavy atom. The van der Waals surface area contributed by atoms with Crippen molar-refractivity contribution in [1.29, 1.82) is 0 Å². The van der Waals surface area contributed by atoms with Gasteiger partial charge in [0.2, 0.25) is 5.82 Å². The molecular formula is C16H14F4N2O2. The molecule has 1 aromatic heterocycles. The molecule has 1 aliphatic rings. The monoisotopic (exact) mass is 342 g/mol. The van der Waals surface area contributed by atoms with Crippen LogP contribution in [0.3, 0.4) is 0 Å². The predicted octanol–water partition coefficient (Wildman–Crippen LogP) is 4.51. The quantitative estimate of drug-likeness (QED) is 0.592. The van der Waals surface area contributed by atoms with Crippen molar-refractivity contribution in [3.63, 3.8) is 0 Å². The fourth-order valence-corrected chi connectivity index (χ4v) is 2.57. The molecule has 0 spiro atoms. The molecule has 24 heavy (non-hydrogen) atoms. The van der Waals surface area contributed by atoms with Gasteiger partial charge in [0.1, 0.15) is 5.82 Å². The Morgan fingerprint density at radius 3 is 2.62 bits per heavy atom. The molecule has 1 unspecified atom stereocenters. The molecule has 0 amide bonds. The van der Waals surface area contributed by atoms with Crippen molar-refractivity contribution < 1.29 is 26.9 Å². The number of carbonyl (C=O) groups excluding carboxylic acids is 1. The van der Waals surface area contributed by atoms with E-state index in [-0.39, 0.29) is 35.1 Å². The number of halogens is 4. The van der Waals surface area contributed by atoms with Gasteiger partial charge in [0.05, 0.1) is 5.56 Å². The molecule has 1 heterocycles. The average Bonchev–Trinajstić information content (AvgIpc) is 3.22. The second-order valence-corrected chi connectivity index (χ2v) is 6.06. The molecule has 0 radical (unpaired) electrons. The first kappa shape index (κ1) is 16.6. The summed E-state index contributed by atoms with van der Waals surface area (Å²) >= 11 is 0. The predicted molar refractivity (Wildman–Crippen MR) is 75.5 cm³/mol. The van der Waals surface area contributed by atoms with Crippen molar-refractivity contribution in [2.45, 2.75) is 32.4 Å². The highest BCUT2D eigenvalue weighted by Gasteiger charge is 2.38. The highest BCUT2D eigenvalue weighted by atomic mass is 19.4. The molecule has 1 fully saturated rings. The van der Waals surface area contributed by atoms with E-state index in [0.29, 0.717) is 5.92 Å². The van der Waals surface area contributed by atoms with Gasteiger partial charge in [0.25, 0.3) is 0 Å². The minimum atomic E-state index is -4.77. The maximum atomic E-state index is 14.2. The molecule has 0 aliphatic heterocycles. The topological polar surface area (TPSA) is 56.0 Å². The summed E-state index contributed by atoms with van der Waals surface area (Å²) in [4.78, 5) is 15.3. The number of aromatic nitrogens is 2. The highest BCUT2D eigenvalue weighted by molar-refractivity contribution is 5.96. The molecule has 1 atom stereocenters. The molecule has 2 aromatic rings. The van der Waals surface area contributed by atoms with Crippen LogP contribution in [0.2, 0.25) is 0 Å². The van der Waals surface area contributed by atoms with Crippen molar-refractivity contribution in [3.8, 4) is 11.4 Å². The Balaban J connectivity index is 1.79. The lowest BCUT2D eigenvalue weighted by molar-refractivity contribution is -0.159. The summed E-state index contributed by atoms with van der Waals surface area (Å²) in [7, 11) is 0. The van der Waals surface area contributed by atoms with E-state index in [4.69, 9.17) is 0 Å². The summed E-state index contributed by atoms with van der Waals surface area (Å²) in [6, 6.07) is 3.50. The van der Waals surface area contributed by atoms with E-state index in [2.05, 4.69) is 14.7 Å². The number of rotatable bonds is 5. The molecule has 128 valence electrons. The van der Waals surface area contributed by atoms with Crippen LogP contribution in [0.15, 0.2) is 22.7 Å². The zero-order valence-electron chi connectivity index (χ0n) is 12.7. The van der Waals surface area contributed by atoms with Crippen molar-refractivity contribution in [2.24, 2.45) is 11.8 Å². The smallest absolute Gasteiger partial charge is 0.329 e. The summed E-state index contributed by atoms with van der Waals surface area (Å²) in [5.74, 6) is -2.29. The molecule has 8 heteroatoms. The number of carbonyl (C=O) groups is 1. The Hall–Kier alpha value is -2.25. The zero-order valence-corrected chi connectivity index (χ0v) is 12.7. The summed E-state index contributed by atoms with van der Waals surface area (Å²) in [5.41, 5.74) is -0.0654. The second-order valence-electron chi connectivity index (χ2n) is 6.06. The van der Waals surface area contributed by atoms with Crippen molar-refractivity contribution in [3.05, 3.63) is 35.5 Å². The van der Waals surface area contributed by atoms with Crippen LogP contribution in [0.1, 0.15) is 42.4 Å². The lowest BCUT2D eigenvalue weighted by Gasteiger charge is -2.09. The lowest BCUT2D eigenvalue weighted by atomic mass is 9.95. The highest BCUT2D eigenvalue weighted by Crippen LogP contribution is 2.38. The number of ketones is 1. The standard InChI is InChI=1S/C16H14F4N2O2/c1-8(9-2-3-9)6-13(23)11-5-4-10(7-12(11)17)14-21-15(24-22-14)16(18,19)20/h4-5,7-9H,2-3,6H2,1H3. The Labute approximate surface area is 134 Å². The molecule has 0 saturated heterocycles. The lowest BCUT2D eigenvalue weighted by Crippen LogP contribution is -2.09. The number of nitrogens with zero attached hydrogens (tertiary/aromatic N) is 2. The third kappa shape index (κ3) is 3.47. The fourth-order valence-electron chi connectivity index (χ4n) is 2.57. The number of alkyl halides is 3. The van der Waals surface area contributed by atoms with Gasteiger partial charge in [-0.2, -0.15) is 18.2 Å². The first-order chi connectivity index (χ1) is 11.3. The first-order valence-corrected chi connectivity index (χ1v) is 7.49. The summed E-state index contributed by atoms with van der Waals surface area (Å²) < 4.78 is 55.6. The SMILES string of the molecule is CC(CC(=O)c1ccc(-c2noc(C(F)(F)F)n2)cc1F)C1CC1. The molecule has 1 aromatic carbocycles. The van der Waals surface area contributed by atoms with Crippen LogP contribution in [0.4, 0.5) is 17.6 Å². The number of Topliss-reactive ketones (excluding diaryl/α,β-unsaturated/α-hetero) is 1. The maximum Gasteiger partial charge on any atom is 0.471 e. The van der Waals surface area contributed by atoms with Crippen LogP contribution in [-0.4, -0.2) is 15.9 Å². The van der Waals surface area contributed by atoms with Gasteiger partial charge in [-0.15, -0.1) is 0 Å². The molecule has 1 aliphatic carbocycles. The van der Waals surface area contributed by atoms with Crippen LogP contribution in [0.25, 0.3) is 11.4 Å². The van der Waals surface area contributed by atoms with E-state index in [1.54, 1.807) is 0 Å². The molecule has 4 nitrogen and oxygen atoms in total. The summed E-state index contributed by atoms with van der Waals surface area (Å²) in [6.45, 7) is 1.96. The van der Waals surface area contributed by atoms with Crippen molar-refractivity contribution in [2.75, 3.05) is 0 Å². The third-order valence-electron chi connectivity index (χ3n) is 4.13. The molecule has 3 rings (SSSR count). The largest absolute Gasteiger partial charge is 0.471 e. The van der Waals surface area contributed by atoms with Gasteiger partial charge >= 0.3 is 12.1 Å². The van der Waals surface area contributed by atoms with Gasteiger partial charge in [0, 0.05) is 12.0 Å². The van der Waals surface area contributed by atoms with Gasteiger partial charge in [-0.25, -0.2) is 4.39 Å². The van der Waals surface area contributed by atoms with Crippen molar-refractivity contribution >= 4 is 5.78 Å². The van der Waals surface area contributed by atoms with E-state index in [1.807, 2.05) is 6.92 Å². The number of hydrogen-bond acceptors (Lipinski definition) is 4. The summed E-state index contributed by atoms with van der Waals surface area (Å²) in [6.07, 6.45) is -2.33. The van der Waals surface area contributed by atoms with Gasteiger partial charge in [-0.1, -0.05) is 18.1 Å². The molecule has 0 bridgehead atoms. The maximum absolute atomic E-state index is 14.2. The van der Waals surface area contributed by atoms with Crippen LogP contribution in [-0.2, 0) is 6.18 Å². The zero-order chi connectivity index (χ0) is 17.5. The normalized spacial score (nSPS) is 16.2. The third-order valence-corrected chi connectivity index (χ3v) is 4.13. The number of hydrogen-bond donors (Lipinski definition) is 0. The first-order valence-electron chi connectivity index (χ1n) is 7.49. The second kappa shape index (κ2) is 5.99. The Morgan fingerprint density at radius 2 is 2.08 bits per heavy atom. The van der Waals surface area contributed by atoms with E-state index in [0.717, 1.165) is 18.9 Å². The van der Waals surface area contributed by atoms with Crippen LogP contribution in [0.5, 0.6) is 0 Å². The minimum absolute atomic E-state index is 0.0125. The molecular weight excluding hydrogens is 328 g/mol. The van der Waals surface area contributed by atoms with E-state index in [1.165, 1.54) is 12.1 Å². The van der Waals surface area contributed by atoms with Gasteiger partial charge in [-0.3, -0.25) is 4.79 Å². The van der Waals surface area contributed by atoms with Gasteiger partial charge in [-0.05, 0) is 36.8 Å². The summed E-state index contributed by atoms with van der Waals surface area (Å²) in [5, 5.41) is 3.19. The van der Waals surface area contributed by atoms with Gasteiger partial charge < -0.3 is 4.52 Å². The van der Waals surface area contributed by atoms with Crippen LogP contribution >= 0.6 is 0 Å². The fraction of sp³-hybridized carbons (Fsp3) is 0.438. The van der Waals surface area contributed by atoms with E-state index < -0.39 is 17.9 Å². The Bertz CT molecular complexity index is 766. The molecule has 1 saturated carbocycles. The minimum Gasteiger partial charge on any atom is -0.329 e. The van der Waals surface area contributed by atoms with Crippen molar-refractivity contribution in [1.82, 2.24) is 10.1 Å². The average molecular weight is 342 g/mol. The Kier molecular flexibility index (Phi) is 4.15. The molecule has 0 N–H and O–H groups in total. The van der Waals surface area contributed by atoms with E-state index >= 15 is 0 Å². The van der Waals surface area contributed by atoms with Gasteiger partial charge in [0.15, 0.2) is 5.78 Å². The van der Waals surface area contributed by atoms with E-state index in [9.17, 15) is 22.4 Å². The number of benzene rings is 1.